The molecular weight excluding hydrogens is 330 g/mol. The van der Waals surface area contributed by atoms with Crippen LogP contribution in [0.4, 0.5) is 26.3 Å². The molecule has 0 atom stereocenters. The van der Waals surface area contributed by atoms with Gasteiger partial charge in [-0.15, -0.1) is 11.3 Å². The fourth-order valence-electron chi connectivity index (χ4n) is 2.12. The first-order valence-electron chi connectivity index (χ1n) is 5.88. The van der Waals surface area contributed by atoms with Crippen LogP contribution in [0.15, 0.2) is 30.6 Å². The molecule has 2 nitrogen and oxygen atoms in total. The lowest BCUT2D eigenvalue weighted by atomic mass is 10.1. The van der Waals surface area contributed by atoms with Crippen molar-refractivity contribution in [2.75, 3.05) is 0 Å². The minimum Gasteiger partial charge on any atom is -0.346 e. The number of aromatic nitrogens is 2. The average Bonchev–Trinajstić information content (AvgIpc) is 3.00. The zero-order valence-corrected chi connectivity index (χ0v) is 11.3. The van der Waals surface area contributed by atoms with E-state index in [1.54, 1.807) is 0 Å². The van der Waals surface area contributed by atoms with E-state index in [1.807, 2.05) is 0 Å². The lowest BCUT2D eigenvalue weighted by molar-refractivity contribution is -0.134. The largest absolute Gasteiger partial charge is 0.426 e. The number of halogens is 6. The van der Waals surface area contributed by atoms with E-state index in [-0.39, 0.29) is 16.9 Å². The zero-order valence-electron chi connectivity index (χ0n) is 10.5. The number of thiophene rings is 1. The number of H-pyrrole nitrogens is 1. The molecule has 0 fully saturated rings. The monoisotopic (exact) mass is 336 g/mol. The lowest BCUT2D eigenvalue weighted by Crippen LogP contribution is -2.03. The first kappa shape index (κ1) is 14.9. The summed E-state index contributed by atoms with van der Waals surface area (Å²) < 4.78 is 77.4. The van der Waals surface area contributed by atoms with Crippen LogP contribution < -0.4 is 0 Å². The predicted molar refractivity (Wildman–Crippen MR) is 69.4 cm³/mol. The molecule has 3 rings (SSSR count). The molecule has 0 unspecified atom stereocenters. The average molecular weight is 336 g/mol. The van der Waals surface area contributed by atoms with Gasteiger partial charge in [0, 0.05) is 28.9 Å². The van der Waals surface area contributed by atoms with E-state index in [1.165, 1.54) is 24.5 Å². The fraction of sp³-hybridized carbons (Fsp3) is 0.154. The van der Waals surface area contributed by atoms with E-state index in [0.717, 1.165) is 0 Å². The van der Waals surface area contributed by atoms with E-state index in [9.17, 15) is 26.3 Å². The molecule has 0 aliphatic carbocycles. The quantitative estimate of drug-likeness (QED) is 0.598. The minimum atomic E-state index is -4.87. The summed E-state index contributed by atoms with van der Waals surface area (Å²) in [6.45, 7) is 0. The second-order valence-electron chi connectivity index (χ2n) is 4.45. The highest BCUT2D eigenvalue weighted by atomic mass is 32.1. The molecule has 0 radical (unpaired) electrons. The first-order valence-corrected chi connectivity index (χ1v) is 6.70. The number of hydrogen-bond acceptors (Lipinski definition) is 2. The summed E-state index contributed by atoms with van der Waals surface area (Å²) in [7, 11) is 0. The Morgan fingerprint density at radius 2 is 1.73 bits per heavy atom. The summed E-state index contributed by atoms with van der Waals surface area (Å²) in [5.74, 6) is 0. The van der Waals surface area contributed by atoms with E-state index in [4.69, 9.17) is 0 Å². The van der Waals surface area contributed by atoms with Gasteiger partial charge >= 0.3 is 12.4 Å². The third kappa shape index (κ3) is 2.45. The third-order valence-electron chi connectivity index (χ3n) is 3.01. The van der Waals surface area contributed by atoms with Crippen molar-refractivity contribution in [3.8, 4) is 11.1 Å². The Morgan fingerprint density at radius 3 is 2.36 bits per heavy atom. The van der Waals surface area contributed by atoms with Gasteiger partial charge in [-0.1, -0.05) is 0 Å². The minimum absolute atomic E-state index is 0.0437. The summed E-state index contributed by atoms with van der Waals surface area (Å²) in [5.41, 5.74) is -0.142. The van der Waals surface area contributed by atoms with Crippen molar-refractivity contribution >= 4 is 22.4 Å². The number of aromatic amines is 1. The molecule has 0 saturated heterocycles. The molecule has 3 aromatic heterocycles. The van der Waals surface area contributed by atoms with Gasteiger partial charge in [-0.05, 0) is 18.2 Å². The molecule has 0 saturated carbocycles. The molecule has 1 N–H and O–H groups in total. The molecule has 0 bridgehead atoms. The number of pyridine rings is 1. The van der Waals surface area contributed by atoms with Crippen LogP contribution in [0.2, 0.25) is 0 Å². The van der Waals surface area contributed by atoms with Gasteiger partial charge in [-0.2, -0.15) is 26.3 Å². The van der Waals surface area contributed by atoms with Crippen LogP contribution in [0.1, 0.15) is 9.75 Å². The predicted octanol–water partition coefficient (Wildman–Crippen LogP) is 5.33. The maximum absolute atomic E-state index is 13.1. The SMILES string of the molecule is FC(F)(F)c1cc(-c2c[nH]c3ncccc23)c(C(F)(F)F)s1. The summed E-state index contributed by atoms with van der Waals surface area (Å²) in [6.07, 6.45) is -7.03. The van der Waals surface area contributed by atoms with Crippen molar-refractivity contribution in [3.05, 3.63) is 40.3 Å². The summed E-state index contributed by atoms with van der Waals surface area (Å²) in [4.78, 5) is 4.02. The van der Waals surface area contributed by atoms with Crippen LogP contribution in [0.5, 0.6) is 0 Å². The van der Waals surface area contributed by atoms with Gasteiger partial charge in [0.1, 0.15) is 15.4 Å². The summed E-state index contributed by atoms with van der Waals surface area (Å²) in [6, 6.07) is 3.53. The summed E-state index contributed by atoms with van der Waals surface area (Å²) >= 11 is -0.304. The van der Waals surface area contributed by atoms with Crippen LogP contribution >= 0.6 is 11.3 Å². The third-order valence-corrected chi connectivity index (χ3v) is 4.23. The molecule has 0 aromatic carbocycles. The van der Waals surface area contributed by atoms with Gasteiger partial charge in [0.25, 0.3) is 0 Å². The second kappa shape index (κ2) is 4.73. The Morgan fingerprint density at radius 1 is 1.00 bits per heavy atom. The van der Waals surface area contributed by atoms with Crippen LogP contribution in [0, 0.1) is 0 Å². The highest BCUT2D eigenvalue weighted by Crippen LogP contribution is 2.48. The molecule has 3 aromatic rings. The zero-order chi connectivity index (χ0) is 16.1. The molecule has 116 valence electrons. The molecule has 0 aliphatic heterocycles. The maximum Gasteiger partial charge on any atom is 0.426 e. The Balaban J connectivity index is 2.28. The van der Waals surface area contributed by atoms with Gasteiger partial charge in [-0.25, -0.2) is 4.98 Å². The Bertz CT molecular complexity index is 827. The van der Waals surface area contributed by atoms with Crippen molar-refractivity contribution in [1.29, 1.82) is 0 Å². The molecule has 0 aliphatic rings. The molecular formula is C13H6F6N2S. The van der Waals surface area contributed by atoms with Crippen molar-refractivity contribution in [2.24, 2.45) is 0 Å². The fourth-order valence-corrected chi connectivity index (χ4v) is 3.03. The van der Waals surface area contributed by atoms with Crippen LogP contribution in [-0.2, 0) is 12.4 Å². The molecule has 22 heavy (non-hydrogen) atoms. The number of nitrogens with one attached hydrogen (secondary N) is 1. The van der Waals surface area contributed by atoms with Gasteiger partial charge in [0.05, 0.1) is 0 Å². The number of fused-ring (bicyclic) bond motifs is 1. The van der Waals surface area contributed by atoms with Gasteiger partial charge < -0.3 is 4.98 Å². The van der Waals surface area contributed by atoms with E-state index < -0.39 is 27.7 Å². The second-order valence-corrected chi connectivity index (χ2v) is 5.50. The molecule has 0 amide bonds. The van der Waals surface area contributed by atoms with E-state index in [2.05, 4.69) is 9.97 Å². The van der Waals surface area contributed by atoms with Crippen LogP contribution in [-0.4, -0.2) is 9.97 Å². The van der Waals surface area contributed by atoms with Gasteiger partial charge in [-0.3, -0.25) is 0 Å². The Labute approximate surface area is 123 Å². The molecule has 9 heteroatoms. The first-order chi connectivity index (χ1) is 10.2. The summed E-state index contributed by atoms with van der Waals surface area (Å²) in [5, 5.41) is 0.333. The van der Waals surface area contributed by atoms with Crippen LogP contribution in [0.25, 0.3) is 22.2 Å². The lowest BCUT2D eigenvalue weighted by Gasteiger charge is -2.06. The normalized spacial score (nSPS) is 13.0. The topological polar surface area (TPSA) is 28.7 Å². The van der Waals surface area contributed by atoms with E-state index in [0.29, 0.717) is 17.1 Å². The van der Waals surface area contributed by atoms with Crippen molar-refractivity contribution in [3.63, 3.8) is 0 Å². The number of alkyl halides is 6. The molecule has 3 heterocycles. The number of hydrogen-bond donors (Lipinski definition) is 1. The highest BCUT2D eigenvalue weighted by molar-refractivity contribution is 7.12. The van der Waals surface area contributed by atoms with Gasteiger partial charge in [0.2, 0.25) is 0 Å². The maximum atomic E-state index is 13.1. The standard InChI is InChI=1S/C13H6F6N2S/c14-12(15,16)9-4-7(10(22-9)13(17,18)19)8-5-21-11-6(8)2-1-3-20-11/h1-5H,(H,20,21). The Hall–Kier alpha value is -2.03. The van der Waals surface area contributed by atoms with Crippen molar-refractivity contribution < 1.29 is 26.3 Å². The van der Waals surface area contributed by atoms with Gasteiger partial charge in [0.15, 0.2) is 0 Å². The van der Waals surface area contributed by atoms with Crippen LogP contribution in [0.3, 0.4) is 0 Å². The van der Waals surface area contributed by atoms with Crippen molar-refractivity contribution in [1.82, 2.24) is 9.97 Å². The number of nitrogens with zero attached hydrogens (tertiary/aromatic N) is 1. The van der Waals surface area contributed by atoms with E-state index >= 15 is 0 Å². The van der Waals surface area contributed by atoms with Crippen molar-refractivity contribution in [2.45, 2.75) is 12.4 Å². The smallest absolute Gasteiger partial charge is 0.346 e. The highest BCUT2D eigenvalue weighted by Gasteiger charge is 2.42. The number of rotatable bonds is 1. The molecule has 0 spiro atoms. The Kier molecular flexibility index (Phi) is 3.20.